The number of nitrogens with zero attached hydrogens (tertiary/aromatic N) is 1. The van der Waals surface area contributed by atoms with Gasteiger partial charge in [0.2, 0.25) is 0 Å². The number of fused-ring (bicyclic) bond motifs is 1. The fourth-order valence-electron chi connectivity index (χ4n) is 3.31. The van der Waals surface area contributed by atoms with Crippen molar-refractivity contribution in [2.24, 2.45) is 0 Å². The Balaban J connectivity index is 1.74. The van der Waals surface area contributed by atoms with E-state index in [9.17, 15) is 19.5 Å². The zero-order valence-corrected chi connectivity index (χ0v) is 13.6. The maximum Gasteiger partial charge on any atom is 0.326 e. The Labute approximate surface area is 144 Å². The Morgan fingerprint density at radius 2 is 2.08 bits per heavy atom. The molecule has 0 radical (unpaired) electrons. The number of carboxylic acids is 1. The van der Waals surface area contributed by atoms with Crippen molar-refractivity contribution in [3.8, 4) is 0 Å². The lowest BCUT2D eigenvalue weighted by Gasteiger charge is -2.28. The molecule has 1 amide bonds. The number of aryl methyl sites for hydroxylation is 1. The molecule has 0 saturated carbocycles. The first kappa shape index (κ1) is 16.9. The average molecular weight is 341 g/mol. The Kier molecular flexibility index (Phi) is 4.92. The molecule has 0 saturated heterocycles. The van der Waals surface area contributed by atoms with Gasteiger partial charge in [0.05, 0.1) is 0 Å². The van der Waals surface area contributed by atoms with Gasteiger partial charge in [0.15, 0.2) is 0 Å². The van der Waals surface area contributed by atoms with E-state index in [1.54, 1.807) is 0 Å². The number of carbonyl (C=O) groups is 2. The highest BCUT2D eigenvalue weighted by Gasteiger charge is 2.28. The number of aromatic nitrogens is 2. The second-order valence-electron chi connectivity index (χ2n) is 6.19. The number of nitrogens with one attached hydrogen (secondary N) is 2. The van der Waals surface area contributed by atoms with Gasteiger partial charge in [0.25, 0.3) is 11.5 Å². The van der Waals surface area contributed by atoms with Crippen LogP contribution < -0.4 is 10.9 Å². The van der Waals surface area contributed by atoms with Crippen molar-refractivity contribution in [3.63, 3.8) is 0 Å². The van der Waals surface area contributed by atoms with Crippen LogP contribution in [0.4, 0.5) is 0 Å². The van der Waals surface area contributed by atoms with E-state index in [0.29, 0.717) is 6.42 Å². The highest BCUT2D eigenvalue weighted by molar-refractivity contribution is 5.94. The summed E-state index contributed by atoms with van der Waals surface area (Å²) in [6.45, 7) is 0. The van der Waals surface area contributed by atoms with Gasteiger partial charge in [0.1, 0.15) is 11.7 Å². The van der Waals surface area contributed by atoms with Gasteiger partial charge in [-0.1, -0.05) is 24.3 Å². The van der Waals surface area contributed by atoms with Crippen molar-refractivity contribution in [1.29, 1.82) is 0 Å². The van der Waals surface area contributed by atoms with Crippen molar-refractivity contribution >= 4 is 11.9 Å². The molecule has 2 unspecified atom stereocenters. The van der Waals surface area contributed by atoms with Gasteiger partial charge in [-0.05, 0) is 48.8 Å². The summed E-state index contributed by atoms with van der Waals surface area (Å²) in [6.07, 6.45) is 3.22. The normalized spacial score (nSPS) is 17.4. The third kappa shape index (κ3) is 3.93. The van der Waals surface area contributed by atoms with Gasteiger partial charge < -0.3 is 10.4 Å². The number of benzene rings is 1. The van der Waals surface area contributed by atoms with Crippen LogP contribution in [0.2, 0.25) is 0 Å². The summed E-state index contributed by atoms with van der Waals surface area (Å²) in [6, 6.07) is 9.47. The average Bonchev–Trinajstić information content (AvgIpc) is 2.61. The van der Waals surface area contributed by atoms with E-state index in [-0.39, 0.29) is 11.6 Å². The van der Waals surface area contributed by atoms with Crippen LogP contribution in [0.5, 0.6) is 0 Å². The van der Waals surface area contributed by atoms with Gasteiger partial charge in [-0.2, -0.15) is 5.10 Å². The number of carbonyl (C=O) groups excluding carboxylic acids is 1. The molecule has 0 aliphatic heterocycles. The molecule has 0 bridgehead atoms. The van der Waals surface area contributed by atoms with Crippen LogP contribution in [0.15, 0.2) is 41.2 Å². The van der Waals surface area contributed by atoms with E-state index in [2.05, 4.69) is 21.6 Å². The van der Waals surface area contributed by atoms with Crippen LogP contribution in [-0.2, 0) is 11.2 Å². The number of amides is 1. The molecule has 1 aliphatic rings. The Morgan fingerprint density at radius 3 is 2.80 bits per heavy atom. The molecule has 7 nitrogen and oxygen atoms in total. The first-order chi connectivity index (χ1) is 12.0. The molecule has 25 heavy (non-hydrogen) atoms. The lowest BCUT2D eigenvalue weighted by Crippen LogP contribution is -2.42. The van der Waals surface area contributed by atoms with Crippen LogP contribution in [-0.4, -0.2) is 33.2 Å². The molecule has 0 fully saturated rings. The minimum atomic E-state index is -1.08. The molecule has 7 heteroatoms. The van der Waals surface area contributed by atoms with Crippen molar-refractivity contribution < 1.29 is 14.7 Å². The topological polar surface area (TPSA) is 112 Å². The van der Waals surface area contributed by atoms with Crippen LogP contribution >= 0.6 is 0 Å². The van der Waals surface area contributed by atoms with Crippen LogP contribution in [0.25, 0.3) is 0 Å². The van der Waals surface area contributed by atoms with E-state index in [0.717, 1.165) is 24.8 Å². The summed E-state index contributed by atoms with van der Waals surface area (Å²) in [4.78, 5) is 34.8. The minimum Gasteiger partial charge on any atom is -0.480 e. The monoisotopic (exact) mass is 341 g/mol. The predicted octanol–water partition coefficient (Wildman–Crippen LogP) is 1.46. The molecule has 0 spiro atoms. The lowest BCUT2D eigenvalue weighted by molar-refractivity contribution is -0.139. The summed E-state index contributed by atoms with van der Waals surface area (Å²) in [7, 11) is 0. The summed E-state index contributed by atoms with van der Waals surface area (Å²) in [5.41, 5.74) is 1.97. The van der Waals surface area contributed by atoms with E-state index in [1.807, 2.05) is 18.2 Å². The molecule has 2 aromatic rings. The minimum absolute atomic E-state index is 0.0186. The molecule has 2 atom stereocenters. The third-order valence-corrected chi connectivity index (χ3v) is 4.53. The van der Waals surface area contributed by atoms with E-state index >= 15 is 0 Å². The number of carboxylic acid groups (broad SMARTS) is 1. The molecule has 1 heterocycles. The van der Waals surface area contributed by atoms with Crippen molar-refractivity contribution in [2.75, 3.05) is 0 Å². The molecular formula is C18H19N3O4. The standard InChI is InChI=1S/C18H19N3O4/c22-16-9-8-14(20-21-16)17(23)19-15(18(24)25)10-12-6-3-5-11-4-1-2-7-13(11)12/h1-2,4,7-9,12,15H,3,5-6,10H2,(H,19,23)(H,21,22)(H,24,25). The van der Waals surface area contributed by atoms with Gasteiger partial charge in [-0.15, -0.1) is 0 Å². The zero-order valence-electron chi connectivity index (χ0n) is 13.6. The largest absolute Gasteiger partial charge is 0.480 e. The third-order valence-electron chi connectivity index (χ3n) is 4.53. The summed E-state index contributed by atoms with van der Waals surface area (Å²) < 4.78 is 0. The maximum absolute atomic E-state index is 12.2. The van der Waals surface area contributed by atoms with Crippen molar-refractivity contribution in [3.05, 3.63) is 63.6 Å². The van der Waals surface area contributed by atoms with Crippen LogP contribution in [0.3, 0.4) is 0 Å². The van der Waals surface area contributed by atoms with Crippen molar-refractivity contribution in [2.45, 2.75) is 37.6 Å². The second-order valence-corrected chi connectivity index (χ2v) is 6.19. The van der Waals surface area contributed by atoms with E-state index in [4.69, 9.17) is 0 Å². The molecular weight excluding hydrogens is 322 g/mol. The number of hydrogen-bond acceptors (Lipinski definition) is 4. The lowest BCUT2D eigenvalue weighted by atomic mass is 9.79. The molecule has 1 aromatic carbocycles. The smallest absolute Gasteiger partial charge is 0.326 e. The number of rotatable bonds is 5. The molecule has 3 rings (SSSR count). The highest BCUT2D eigenvalue weighted by atomic mass is 16.4. The van der Waals surface area contributed by atoms with Crippen LogP contribution in [0, 0.1) is 0 Å². The number of aliphatic carboxylic acids is 1. The summed E-state index contributed by atoms with van der Waals surface area (Å²) >= 11 is 0. The molecule has 130 valence electrons. The Hall–Kier alpha value is -2.96. The second kappa shape index (κ2) is 7.29. The maximum atomic E-state index is 12.2. The Morgan fingerprint density at radius 1 is 1.28 bits per heavy atom. The number of H-pyrrole nitrogens is 1. The molecule has 3 N–H and O–H groups in total. The quantitative estimate of drug-likeness (QED) is 0.762. The zero-order chi connectivity index (χ0) is 17.8. The summed E-state index contributed by atoms with van der Waals surface area (Å²) in [5.74, 6) is -1.61. The van der Waals surface area contributed by atoms with E-state index in [1.165, 1.54) is 17.7 Å². The molecule has 1 aromatic heterocycles. The SMILES string of the molecule is O=C(NC(CC1CCCc2ccccc21)C(=O)O)c1ccc(=O)[nH]n1. The molecule has 1 aliphatic carbocycles. The van der Waals surface area contributed by atoms with Gasteiger partial charge >= 0.3 is 5.97 Å². The van der Waals surface area contributed by atoms with Crippen molar-refractivity contribution in [1.82, 2.24) is 15.5 Å². The fraction of sp³-hybridized carbons (Fsp3) is 0.333. The van der Waals surface area contributed by atoms with E-state index < -0.39 is 23.5 Å². The predicted molar refractivity (Wildman–Crippen MR) is 90.5 cm³/mol. The van der Waals surface area contributed by atoms with Gasteiger partial charge in [-0.3, -0.25) is 9.59 Å². The highest BCUT2D eigenvalue weighted by Crippen LogP contribution is 2.34. The van der Waals surface area contributed by atoms with Crippen LogP contribution in [0.1, 0.15) is 46.8 Å². The first-order valence-corrected chi connectivity index (χ1v) is 8.22. The Bertz CT molecular complexity index is 826. The first-order valence-electron chi connectivity index (χ1n) is 8.22. The number of aromatic amines is 1. The van der Waals surface area contributed by atoms with Gasteiger partial charge in [-0.25, -0.2) is 9.89 Å². The fourth-order valence-corrected chi connectivity index (χ4v) is 3.31. The van der Waals surface area contributed by atoms with Gasteiger partial charge in [0, 0.05) is 6.07 Å². The summed E-state index contributed by atoms with van der Waals surface area (Å²) in [5, 5.41) is 17.8. The number of hydrogen-bond donors (Lipinski definition) is 3.